The first-order valence-corrected chi connectivity index (χ1v) is 4.73. The number of carbonyl (C=O) groups excluding carboxylic acids is 1. The molecule has 0 aromatic heterocycles. The van der Waals surface area contributed by atoms with Crippen LogP contribution < -0.4 is 11.5 Å². The molecule has 1 amide bonds. The van der Waals surface area contributed by atoms with E-state index in [1.165, 1.54) is 0 Å². The Hall–Kier alpha value is -0.610. The van der Waals surface area contributed by atoms with Crippen molar-refractivity contribution >= 4 is 5.91 Å². The summed E-state index contributed by atoms with van der Waals surface area (Å²) in [4.78, 5) is 10.7. The minimum absolute atomic E-state index is 0.219. The molecule has 1 aliphatic carbocycles. The number of hydrogen-bond donors (Lipinski definition) is 2. The molecular formula is C9H18N2O2. The van der Waals surface area contributed by atoms with Crippen LogP contribution in [-0.4, -0.2) is 24.2 Å². The van der Waals surface area contributed by atoms with Gasteiger partial charge in [0, 0.05) is 5.54 Å². The van der Waals surface area contributed by atoms with E-state index in [4.69, 9.17) is 16.2 Å². The minimum Gasteiger partial charge on any atom is -0.367 e. The molecule has 1 saturated carbocycles. The van der Waals surface area contributed by atoms with E-state index in [0.717, 1.165) is 25.7 Å². The molecule has 0 saturated heterocycles. The van der Waals surface area contributed by atoms with Gasteiger partial charge in [0.15, 0.2) is 0 Å². The van der Waals surface area contributed by atoms with Crippen LogP contribution in [0.5, 0.6) is 0 Å². The number of amides is 1. The van der Waals surface area contributed by atoms with Gasteiger partial charge in [-0.3, -0.25) is 4.79 Å². The zero-order chi connectivity index (χ0) is 9.90. The van der Waals surface area contributed by atoms with E-state index in [9.17, 15) is 4.79 Å². The first kappa shape index (κ1) is 10.5. The minimum atomic E-state index is -0.527. The quantitative estimate of drug-likeness (QED) is 0.656. The van der Waals surface area contributed by atoms with E-state index >= 15 is 0 Å². The highest BCUT2D eigenvalue weighted by atomic mass is 16.5. The largest absolute Gasteiger partial charge is 0.367 e. The Labute approximate surface area is 78.6 Å². The number of nitrogens with two attached hydrogens (primary N) is 2. The normalized spacial score (nSPS) is 22.9. The topological polar surface area (TPSA) is 78.3 Å². The molecule has 4 heteroatoms. The molecule has 0 aliphatic heterocycles. The molecule has 1 aliphatic rings. The number of rotatable bonds is 4. The Morgan fingerprint density at radius 3 is 2.54 bits per heavy atom. The van der Waals surface area contributed by atoms with Crippen molar-refractivity contribution in [2.24, 2.45) is 11.5 Å². The molecule has 0 heterocycles. The third-order valence-corrected chi connectivity index (χ3v) is 2.62. The monoisotopic (exact) mass is 186 g/mol. The maximum absolute atomic E-state index is 10.7. The van der Waals surface area contributed by atoms with Crippen LogP contribution in [0.2, 0.25) is 0 Å². The van der Waals surface area contributed by atoms with Crippen LogP contribution in [0.3, 0.4) is 0 Å². The van der Waals surface area contributed by atoms with Crippen molar-refractivity contribution in [2.75, 3.05) is 6.61 Å². The average molecular weight is 186 g/mol. The third kappa shape index (κ3) is 2.97. The van der Waals surface area contributed by atoms with E-state index in [2.05, 4.69) is 0 Å². The van der Waals surface area contributed by atoms with Crippen molar-refractivity contribution in [3.8, 4) is 0 Å². The van der Waals surface area contributed by atoms with Crippen molar-refractivity contribution in [3.63, 3.8) is 0 Å². The van der Waals surface area contributed by atoms with Gasteiger partial charge in [0.05, 0.1) is 6.61 Å². The fourth-order valence-electron chi connectivity index (χ4n) is 1.60. The van der Waals surface area contributed by atoms with Gasteiger partial charge in [0.2, 0.25) is 5.91 Å². The van der Waals surface area contributed by atoms with Crippen molar-refractivity contribution in [1.82, 2.24) is 0 Å². The predicted octanol–water partition coefficient (Wildman–Crippen LogP) is 0.148. The van der Waals surface area contributed by atoms with Gasteiger partial charge >= 0.3 is 0 Å². The zero-order valence-electron chi connectivity index (χ0n) is 8.08. The lowest BCUT2D eigenvalue weighted by Crippen LogP contribution is -2.44. The van der Waals surface area contributed by atoms with Gasteiger partial charge in [-0.2, -0.15) is 0 Å². The molecule has 4 N–H and O–H groups in total. The number of primary amides is 1. The zero-order valence-corrected chi connectivity index (χ0v) is 8.08. The van der Waals surface area contributed by atoms with E-state index < -0.39 is 12.0 Å². The van der Waals surface area contributed by atoms with Crippen LogP contribution in [0.15, 0.2) is 0 Å². The van der Waals surface area contributed by atoms with Gasteiger partial charge in [0.1, 0.15) is 6.10 Å². The maximum Gasteiger partial charge on any atom is 0.246 e. The highest BCUT2D eigenvalue weighted by Gasteiger charge is 2.30. The summed E-state index contributed by atoms with van der Waals surface area (Å²) in [7, 11) is 0. The Kier molecular flexibility index (Phi) is 3.27. The fourth-order valence-corrected chi connectivity index (χ4v) is 1.60. The molecule has 1 unspecified atom stereocenters. The average Bonchev–Trinajstić information content (AvgIpc) is 2.48. The van der Waals surface area contributed by atoms with Gasteiger partial charge in [-0.25, -0.2) is 0 Å². The summed E-state index contributed by atoms with van der Waals surface area (Å²) in [5, 5.41) is 0. The molecule has 76 valence electrons. The van der Waals surface area contributed by atoms with Crippen molar-refractivity contribution in [1.29, 1.82) is 0 Å². The van der Waals surface area contributed by atoms with Crippen LogP contribution in [0.4, 0.5) is 0 Å². The molecule has 0 bridgehead atoms. The molecule has 1 rings (SSSR count). The predicted molar refractivity (Wildman–Crippen MR) is 50.0 cm³/mol. The molecule has 13 heavy (non-hydrogen) atoms. The molecule has 4 nitrogen and oxygen atoms in total. The number of ether oxygens (including phenoxy) is 1. The lowest BCUT2D eigenvalue weighted by Gasteiger charge is -2.24. The van der Waals surface area contributed by atoms with Crippen LogP contribution in [0.25, 0.3) is 0 Å². The van der Waals surface area contributed by atoms with Crippen molar-refractivity contribution in [2.45, 2.75) is 44.2 Å². The maximum atomic E-state index is 10.7. The van der Waals surface area contributed by atoms with Crippen LogP contribution in [0.1, 0.15) is 32.6 Å². The van der Waals surface area contributed by atoms with Crippen molar-refractivity contribution in [3.05, 3.63) is 0 Å². The van der Waals surface area contributed by atoms with Gasteiger partial charge < -0.3 is 16.2 Å². The standard InChI is InChI=1S/C9H18N2O2/c1-7(8(10)12)13-6-9(11)4-2-3-5-9/h7H,2-6,11H2,1H3,(H2,10,12). The second-order valence-electron chi connectivity index (χ2n) is 3.93. The van der Waals surface area contributed by atoms with E-state index in [1.807, 2.05) is 0 Å². The Morgan fingerprint density at radius 2 is 2.08 bits per heavy atom. The summed E-state index contributed by atoms with van der Waals surface area (Å²) in [5.41, 5.74) is 10.9. The van der Waals surface area contributed by atoms with Crippen LogP contribution in [0, 0.1) is 0 Å². The highest BCUT2D eigenvalue weighted by molar-refractivity contribution is 5.78. The number of carbonyl (C=O) groups is 1. The Bertz CT molecular complexity index is 188. The van der Waals surface area contributed by atoms with E-state index in [0.29, 0.717) is 6.61 Å². The summed E-state index contributed by atoms with van der Waals surface area (Å²) >= 11 is 0. The second-order valence-corrected chi connectivity index (χ2v) is 3.93. The van der Waals surface area contributed by atoms with Gasteiger partial charge in [0.25, 0.3) is 0 Å². The molecule has 0 aromatic carbocycles. The highest BCUT2D eigenvalue weighted by Crippen LogP contribution is 2.27. The lowest BCUT2D eigenvalue weighted by atomic mass is 10.0. The molecular weight excluding hydrogens is 168 g/mol. The number of hydrogen-bond acceptors (Lipinski definition) is 3. The Balaban J connectivity index is 2.28. The van der Waals surface area contributed by atoms with Gasteiger partial charge in [-0.15, -0.1) is 0 Å². The summed E-state index contributed by atoms with van der Waals surface area (Å²) in [6, 6.07) is 0. The fraction of sp³-hybridized carbons (Fsp3) is 0.889. The SMILES string of the molecule is CC(OCC1(N)CCCC1)C(N)=O. The first-order chi connectivity index (χ1) is 6.03. The molecule has 1 fully saturated rings. The van der Waals surface area contributed by atoms with Crippen LogP contribution >= 0.6 is 0 Å². The Morgan fingerprint density at radius 1 is 1.54 bits per heavy atom. The van der Waals surface area contributed by atoms with Crippen molar-refractivity contribution < 1.29 is 9.53 Å². The lowest BCUT2D eigenvalue weighted by molar-refractivity contribution is -0.129. The summed E-state index contributed by atoms with van der Waals surface area (Å²) in [6.45, 7) is 2.09. The molecule has 0 spiro atoms. The second kappa shape index (κ2) is 4.07. The first-order valence-electron chi connectivity index (χ1n) is 4.73. The third-order valence-electron chi connectivity index (χ3n) is 2.62. The molecule has 0 aromatic rings. The summed E-state index contributed by atoms with van der Waals surface area (Å²) in [6.07, 6.45) is 3.76. The summed E-state index contributed by atoms with van der Waals surface area (Å²) < 4.78 is 5.29. The molecule has 1 atom stereocenters. The van der Waals surface area contributed by atoms with Gasteiger partial charge in [-0.1, -0.05) is 12.8 Å². The van der Waals surface area contributed by atoms with E-state index in [-0.39, 0.29) is 5.54 Å². The smallest absolute Gasteiger partial charge is 0.246 e. The molecule has 0 radical (unpaired) electrons. The summed E-state index contributed by atoms with van der Waals surface area (Å²) in [5.74, 6) is -0.429. The van der Waals surface area contributed by atoms with E-state index in [1.54, 1.807) is 6.92 Å². The van der Waals surface area contributed by atoms with Gasteiger partial charge in [-0.05, 0) is 19.8 Å². The van der Waals surface area contributed by atoms with Crippen LogP contribution in [-0.2, 0) is 9.53 Å².